The number of carbonyl (C=O) groups excluding carboxylic acids is 1. The Hall–Kier alpha value is -2.17. The largest absolute Gasteiger partial charge is 0.335 e. The van der Waals surface area contributed by atoms with Crippen LogP contribution in [0, 0.1) is 11.7 Å². The standard InChI is InChI=1S/C17H22FN3O/c1-4-20(17(22)13(2)3)12-16-19-9-10-21(16)11-14-5-7-15(18)8-6-14/h5-10,13H,4,11-12H2,1-3H3. The molecule has 1 aromatic carbocycles. The number of benzene rings is 1. The predicted octanol–water partition coefficient (Wildman–Crippen LogP) is 3.08. The van der Waals surface area contributed by atoms with Gasteiger partial charge in [0.1, 0.15) is 11.6 Å². The summed E-state index contributed by atoms with van der Waals surface area (Å²) in [6.45, 7) is 7.52. The molecule has 2 aromatic rings. The van der Waals surface area contributed by atoms with Gasteiger partial charge in [-0.15, -0.1) is 0 Å². The van der Waals surface area contributed by atoms with Crippen molar-refractivity contribution in [2.24, 2.45) is 5.92 Å². The van der Waals surface area contributed by atoms with Crippen LogP contribution in [-0.4, -0.2) is 26.9 Å². The quantitative estimate of drug-likeness (QED) is 0.822. The fourth-order valence-electron chi connectivity index (χ4n) is 2.30. The van der Waals surface area contributed by atoms with Gasteiger partial charge in [0, 0.05) is 31.4 Å². The molecular formula is C17H22FN3O. The molecule has 4 nitrogen and oxygen atoms in total. The van der Waals surface area contributed by atoms with Gasteiger partial charge in [0.25, 0.3) is 0 Å². The van der Waals surface area contributed by atoms with Gasteiger partial charge in [0.15, 0.2) is 0 Å². The summed E-state index contributed by atoms with van der Waals surface area (Å²) in [6.07, 6.45) is 3.61. The zero-order valence-electron chi connectivity index (χ0n) is 13.3. The summed E-state index contributed by atoms with van der Waals surface area (Å²) in [5.74, 6) is 0.689. The van der Waals surface area contributed by atoms with Gasteiger partial charge in [0.05, 0.1) is 6.54 Å². The number of aromatic nitrogens is 2. The molecule has 22 heavy (non-hydrogen) atoms. The first-order valence-corrected chi connectivity index (χ1v) is 7.54. The van der Waals surface area contributed by atoms with E-state index >= 15 is 0 Å². The summed E-state index contributed by atoms with van der Waals surface area (Å²) in [5, 5.41) is 0. The SMILES string of the molecule is CCN(Cc1nccn1Cc1ccc(F)cc1)C(=O)C(C)C. The molecular weight excluding hydrogens is 281 g/mol. The Kier molecular flexibility index (Phi) is 5.31. The van der Waals surface area contributed by atoms with E-state index in [0.29, 0.717) is 19.6 Å². The van der Waals surface area contributed by atoms with Gasteiger partial charge in [-0.1, -0.05) is 26.0 Å². The summed E-state index contributed by atoms with van der Waals surface area (Å²) in [7, 11) is 0. The molecule has 0 atom stereocenters. The van der Waals surface area contributed by atoms with Crippen molar-refractivity contribution in [3.63, 3.8) is 0 Å². The third-order valence-corrected chi connectivity index (χ3v) is 3.59. The molecule has 2 rings (SSSR count). The Labute approximate surface area is 130 Å². The average Bonchev–Trinajstić information content (AvgIpc) is 2.93. The monoisotopic (exact) mass is 303 g/mol. The Morgan fingerprint density at radius 2 is 2.00 bits per heavy atom. The van der Waals surface area contributed by atoms with Crippen molar-refractivity contribution in [1.29, 1.82) is 0 Å². The maximum Gasteiger partial charge on any atom is 0.225 e. The Balaban J connectivity index is 2.11. The number of halogens is 1. The smallest absolute Gasteiger partial charge is 0.225 e. The molecule has 0 aliphatic rings. The highest BCUT2D eigenvalue weighted by Gasteiger charge is 2.17. The zero-order valence-corrected chi connectivity index (χ0v) is 13.3. The second-order valence-electron chi connectivity index (χ2n) is 5.60. The highest BCUT2D eigenvalue weighted by Crippen LogP contribution is 2.11. The predicted molar refractivity (Wildman–Crippen MR) is 83.7 cm³/mol. The minimum Gasteiger partial charge on any atom is -0.335 e. The highest BCUT2D eigenvalue weighted by molar-refractivity contribution is 5.77. The lowest BCUT2D eigenvalue weighted by Crippen LogP contribution is -2.34. The van der Waals surface area contributed by atoms with E-state index in [9.17, 15) is 9.18 Å². The van der Waals surface area contributed by atoms with Gasteiger partial charge in [-0.3, -0.25) is 4.79 Å². The van der Waals surface area contributed by atoms with Gasteiger partial charge in [-0.05, 0) is 24.6 Å². The van der Waals surface area contributed by atoms with Crippen LogP contribution in [0.5, 0.6) is 0 Å². The molecule has 0 saturated heterocycles. The Morgan fingerprint density at radius 1 is 1.32 bits per heavy atom. The molecule has 0 aliphatic carbocycles. The van der Waals surface area contributed by atoms with E-state index in [4.69, 9.17) is 0 Å². The van der Waals surface area contributed by atoms with Crippen LogP contribution in [0.1, 0.15) is 32.2 Å². The van der Waals surface area contributed by atoms with Gasteiger partial charge < -0.3 is 9.47 Å². The lowest BCUT2D eigenvalue weighted by atomic mass is 10.2. The summed E-state index contributed by atoms with van der Waals surface area (Å²) in [4.78, 5) is 18.3. The van der Waals surface area contributed by atoms with Crippen molar-refractivity contribution in [1.82, 2.24) is 14.5 Å². The molecule has 1 heterocycles. The van der Waals surface area contributed by atoms with Crippen LogP contribution >= 0.6 is 0 Å². The molecule has 0 saturated carbocycles. The fourth-order valence-corrected chi connectivity index (χ4v) is 2.30. The maximum absolute atomic E-state index is 13.0. The van der Waals surface area contributed by atoms with E-state index in [-0.39, 0.29) is 17.6 Å². The van der Waals surface area contributed by atoms with Crippen LogP contribution in [0.25, 0.3) is 0 Å². The van der Waals surface area contributed by atoms with E-state index in [1.54, 1.807) is 23.2 Å². The van der Waals surface area contributed by atoms with Gasteiger partial charge in [-0.25, -0.2) is 9.37 Å². The third kappa shape index (κ3) is 3.93. The van der Waals surface area contributed by atoms with E-state index in [0.717, 1.165) is 11.4 Å². The van der Waals surface area contributed by atoms with Crippen molar-refractivity contribution in [2.45, 2.75) is 33.9 Å². The minimum atomic E-state index is -0.241. The Bertz CT molecular complexity index is 619. The maximum atomic E-state index is 13.0. The number of amides is 1. The normalized spacial score (nSPS) is 11.0. The molecule has 0 radical (unpaired) electrons. The van der Waals surface area contributed by atoms with Crippen molar-refractivity contribution >= 4 is 5.91 Å². The number of nitrogens with zero attached hydrogens (tertiary/aromatic N) is 3. The molecule has 5 heteroatoms. The first-order chi connectivity index (χ1) is 10.5. The summed E-state index contributed by atoms with van der Waals surface area (Å²) >= 11 is 0. The van der Waals surface area contributed by atoms with Crippen LogP contribution in [0.4, 0.5) is 4.39 Å². The molecule has 0 N–H and O–H groups in total. The van der Waals surface area contributed by atoms with E-state index < -0.39 is 0 Å². The van der Waals surface area contributed by atoms with Crippen LogP contribution < -0.4 is 0 Å². The van der Waals surface area contributed by atoms with Crippen molar-refractivity contribution < 1.29 is 9.18 Å². The van der Waals surface area contributed by atoms with Gasteiger partial charge in [-0.2, -0.15) is 0 Å². The van der Waals surface area contributed by atoms with E-state index in [1.807, 2.05) is 31.5 Å². The van der Waals surface area contributed by atoms with Crippen LogP contribution in [0.15, 0.2) is 36.7 Å². The van der Waals surface area contributed by atoms with Crippen LogP contribution in [0.3, 0.4) is 0 Å². The van der Waals surface area contributed by atoms with Crippen molar-refractivity contribution in [2.75, 3.05) is 6.54 Å². The van der Waals surface area contributed by atoms with Gasteiger partial charge >= 0.3 is 0 Å². The average molecular weight is 303 g/mol. The highest BCUT2D eigenvalue weighted by atomic mass is 19.1. The first-order valence-electron chi connectivity index (χ1n) is 7.54. The molecule has 0 aliphatic heterocycles. The lowest BCUT2D eigenvalue weighted by molar-refractivity contribution is -0.135. The zero-order chi connectivity index (χ0) is 16.1. The minimum absolute atomic E-state index is 0.0274. The fraction of sp³-hybridized carbons (Fsp3) is 0.412. The van der Waals surface area contributed by atoms with Crippen LogP contribution in [0.2, 0.25) is 0 Å². The molecule has 1 amide bonds. The molecule has 0 fully saturated rings. The molecule has 0 bridgehead atoms. The molecule has 0 spiro atoms. The van der Waals surface area contributed by atoms with E-state index in [2.05, 4.69) is 4.98 Å². The molecule has 118 valence electrons. The van der Waals surface area contributed by atoms with Crippen molar-refractivity contribution in [3.8, 4) is 0 Å². The van der Waals surface area contributed by atoms with Crippen molar-refractivity contribution in [3.05, 3.63) is 53.9 Å². The number of imidazole rings is 1. The number of carbonyl (C=O) groups is 1. The summed E-state index contributed by atoms with van der Waals surface area (Å²) in [5.41, 5.74) is 0.999. The number of hydrogen-bond acceptors (Lipinski definition) is 2. The first kappa shape index (κ1) is 16.2. The van der Waals surface area contributed by atoms with Crippen LogP contribution in [-0.2, 0) is 17.9 Å². The lowest BCUT2D eigenvalue weighted by Gasteiger charge is -2.23. The topological polar surface area (TPSA) is 38.1 Å². The number of hydrogen-bond donors (Lipinski definition) is 0. The van der Waals surface area contributed by atoms with Gasteiger partial charge in [0.2, 0.25) is 5.91 Å². The second kappa shape index (κ2) is 7.20. The second-order valence-corrected chi connectivity index (χ2v) is 5.60. The third-order valence-electron chi connectivity index (χ3n) is 3.59. The molecule has 1 aromatic heterocycles. The number of rotatable bonds is 6. The summed E-state index contributed by atoms with van der Waals surface area (Å²) < 4.78 is 15.0. The molecule has 0 unspecified atom stereocenters. The summed E-state index contributed by atoms with van der Waals surface area (Å²) in [6, 6.07) is 6.42. The Morgan fingerprint density at radius 3 is 2.59 bits per heavy atom. The van der Waals surface area contributed by atoms with E-state index in [1.165, 1.54) is 12.1 Å².